The molecule has 6 nitrogen and oxygen atoms in total. The molecule has 1 atom stereocenters. The van der Waals surface area contributed by atoms with Crippen molar-refractivity contribution in [1.82, 2.24) is 10.6 Å². The largest absolute Gasteiger partial charge is 0.352 e. The third kappa shape index (κ3) is 6.25. The highest BCUT2D eigenvalue weighted by atomic mass is 35.5. The van der Waals surface area contributed by atoms with E-state index in [1.165, 1.54) is 0 Å². The van der Waals surface area contributed by atoms with Crippen LogP contribution in [-0.4, -0.2) is 31.6 Å². The van der Waals surface area contributed by atoms with Gasteiger partial charge in [-0.25, -0.2) is 4.79 Å². The summed E-state index contributed by atoms with van der Waals surface area (Å²) in [7, 11) is 0. The molecule has 28 heavy (non-hydrogen) atoms. The van der Waals surface area contributed by atoms with Gasteiger partial charge in [-0.1, -0.05) is 24.3 Å². The number of hydrogen-bond acceptors (Lipinski definition) is 3. The molecule has 1 aliphatic rings. The lowest BCUT2D eigenvalue weighted by atomic mass is 9.99. The van der Waals surface area contributed by atoms with Crippen molar-refractivity contribution in [3.63, 3.8) is 0 Å². The zero-order chi connectivity index (χ0) is 19.1. The summed E-state index contributed by atoms with van der Waals surface area (Å²) in [6.07, 6.45) is 2.28. The predicted octanol–water partition coefficient (Wildman–Crippen LogP) is 3.79. The lowest BCUT2D eigenvalue weighted by Gasteiger charge is -2.23. The highest BCUT2D eigenvalue weighted by molar-refractivity contribution is 6.02. The van der Waals surface area contributed by atoms with Gasteiger partial charge in [0.2, 0.25) is 0 Å². The number of carbonyl (C=O) groups excluding carboxylic acids is 2. The van der Waals surface area contributed by atoms with E-state index in [0.29, 0.717) is 29.4 Å². The van der Waals surface area contributed by atoms with E-state index >= 15 is 0 Å². The van der Waals surface area contributed by atoms with Crippen LogP contribution in [0.2, 0.25) is 0 Å². The minimum atomic E-state index is -0.338. The molecule has 0 aromatic heterocycles. The first-order valence-electron chi connectivity index (χ1n) is 9.34. The summed E-state index contributed by atoms with van der Waals surface area (Å²) in [5.41, 5.74) is 2.77. The van der Waals surface area contributed by atoms with Crippen molar-refractivity contribution in [2.45, 2.75) is 19.8 Å². The number of aryl methyl sites for hydroxylation is 1. The molecule has 2 aromatic rings. The third-order valence-corrected chi connectivity index (χ3v) is 4.73. The standard InChI is InChI=1S/C21H26N4O2.ClH/c1-15-9-10-17(20(26)23-14-16-6-5-11-22-13-16)12-19(15)25-21(27)24-18-7-3-2-4-8-18;/h2-4,7-10,12,16,22H,5-6,11,13-14H2,1H3,(H,23,26)(H2,24,25,27);1H. The van der Waals surface area contributed by atoms with Gasteiger partial charge in [-0.3, -0.25) is 4.79 Å². The molecule has 1 heterocycles. The Labute approximate surface area is 171 Å². The Morgan fingerprint density at radius 2 is 1.89 bits per heavy atom. The lowest BCUT2D eigenvalue weighted by molar-refractivity contribution is 0.0945. The van der Waals surface area contributed by atoms with Gasteiger partial charge in [0.05, 0.1) is 0 Å². The number of benzene rings is 2. The number of urea groups is 1. The van der Waals surface area contributed by atoms with E-state index in [1.807, 2.05) is 43.3 Å². The number of nitrogens with one attached hydrogen (secondary N) is 4. The zero-order valence-corrected chi connectivity index (χ0v) is 16.8. The molecule has 0 bridgehead atoms. The summed E-state index contributed by atoms with van der Waals surface area (Å²) in [4.78, 5) is 24.7. The maximum Gasteiger partial charge on any atom is 0.323 e. The van der Waals surface area contributed by atoms with Gasteiger partial charge in [0.1, 0.15) is 0 Å². The van der Waals surface area contributed by atoms with Crippen molar-refractivity contribution in [1.29, 1.82) is 0 Å². The first-order valence-corrected chi connectivity index (χ1v) is 9.34. The summed E-state index contributed by atoms with van der Waals surface area (Å²) in [6, 6.07) is 14.2. The summed E-state index contributed by atoms with van der Waals surface area (Å²) in [5, 5.41) is 11.9. The molecular weight excluding hydrogens is 376 g/mol. The van der Waals surface area contributed by atoms with Gasteiger partial charge in [-0.2, -0.15) is 0 Å². The first kappa shape index (κ1) is 21.7. The van der Waals surface area contributed by atoms with Crippen molar-refractivity contribution in [2.75, 3.05) is 30.3 Å². The molecular formula is C21H27ClN4O2. The van der Waals surface area contributed by atoms with E-state index in [1.54, 1.807) is 12.1 Å². The Bertz CT molecular complexity index is 792. The second kappa shape index (κ2) is 10.7. The van der Waals surface area contributed by atoms with E-state index in [2.05, 4.69) is 21.3 Å². The average Bonchev–Trinajstić information content (AvgIpc) is 2.69. The van der Waals surface area contributed by atoms with Crippen LogP contribution in [0.25, 0.3) is 0 Å². The molecule has 1 fully saturated rings. The van der Waals surface area contributed by atoms with Gasteiger partial charge < -0.3 is 21.3 Å². The molecule has 7 heteroatoms. The number of anilines is 2. The fourth-order valence-electron chi connectivity index (χ4n) is 3.14. The number of para-hydroxylation sites is 1. The van der Waals surface area contributed by atoms with Crippen LogP contribution in [0.4, 0.5) is 16.2 Å². The van der Waals surface area contributed by atoms with Crippen molar-refractivity contribution < 1.29 is 9.59 Å². The number of halogens is 1. The summed E-state index contributed by atoms with van der Waals surface area (Å²) >= 11 is 0. The minimum Gasteiger partial charge on any atom is -0.352 e. The van der Waals surface area contributed by atoms with Crippen LogP contribution in [0.15, 0.2) is 48.5 Å². The highest BCUT2D eigenvalue weighted by Crippen LogP contribution is 2.18. The van der Waals surface area contributed by atoms with Crippen molar-refractivity contribution in [3.05, 3.63) is 59.7 Å². The van der Waals surface area contributed by atoms with Crippen LogP contribution in [0, 0.1) is 12.8 Å². The quantitative estimate of drug-likeness (QED) is 0.614. The van der Waals surface area contributed by atoms with Crippen molar-refractivity contribution >= 4 is 35.7 Å². The Morgan fingerprint density at radius 3 is 2.61 bits per heavy atom. The van der Waals surface area contributed by atoms with Gasteiger partial charge in [-0.15, -0.1) is 12.4 Å². The summed E-state index contributed by atoms with van der Waals surface area (Å²) < 4.78 is 0. The Balaban J connectivity index is 0.00000280. The number of carbonyl (C=O) groups is 2. The van der Waals surface area contributed by atoms with Crippen molar-refractivity contribution in [3.8, 4) is 0 Å². The maximum absolute atomic E-state index is 12.5. The number of amides is 3. The van der Waals surface area contributed by atoms with E-state index < -0.39 is 0 Å². The van der Waals surface area contributed by atoms with Crippen molar-refractivity contribution in [2.24, 2.45) is 5.92 Å². The van der Waals surface area contributed by atoms with Crippen LogP contribution in [0.1, 0.15) is 28.8 Å². The molecule has 0 radical (unpaired) electrons. The lowest BCUT2D eigenvalue weighted by Crippen LogP contribution is -2.38. The molecule has 0 spiro atoms. The highest BCUT2D eigenvalue weighted by Gasteiger charge is 2.15. The van der Waals surface area contributed by atoms with E-state index in [-0.39, 0.29) is 24.3 Å². The minimum absolute atomic E-state index is 0. The predicted molar refractivity (Wildman–Crippen MR) is 115 cm³/mol. The Hall–Kier alpha value is -2.57. The molecule has 4 N–H and O–H groups in total. The van der Waals surface area contributed by atoms with E-state index in [9.17, 15) is 9.59 Å². The molecule has 0 saturated carbocycles. The van der Waals surface area contributed by atoms with Gasteiger partial charge in [-0.05, 0) is 68.6 Å². The summed E-state index contributed by atoms with van der Waals surface area (Å²) in [6.45, 7) is 4.56. The van der Waals surface area contributed by atoms with Crippen LogP contribution in [-0.2, 0) is 0 Å². The monoisotopic (exact) mass is 402 g/mol. The fraction of sp³-hybridized carbons (Fsp3) is 0.333. The normalized spacial score (nSPS) is 15.8. The maximum atomic E-state index is 12.5. The van der Waals surface area contributed by atoms with Gasteiger partial charge in [0.15, 0.2) is 0 Å². The first-order chi connectivity index (χ1) is 13.1. The smallest absolute Gasteiger partial charge is 0.323 e. The van der Waals surface area contributed by atoms with Crippen LogP contribution in [0.5, 0.6) is 0 Å². The van der Waals surface area contributed by atoms with Crippen LogP contribution >= 0.6 is 12.4 Å². The fourth-order valence-corrected chi connectivity index (χ4v) is 3.14. The molecule has 1 aliphatic heterocycles. The van der Waals surface area contributed by atoms with E-state index in [4.69, 9.17) is 0 Å². The molecule has 0 aliphatic carbocycles. The van der Waals surface area contributed by atoms with Gasteiger partial charge >= 0.3 is 6.03 Å². The molecule has 1 unspecified atom stereocenters. The Kier molecular flexibility index (Phi) is 8.29. The molecule has 2 aromatic carbocycles. The zero-order valence-electron chi connectivity index (χ0n) is 16.0. The second-order valence-electron chi connectivity index (χ2n) is 6.90. The average molecular weight is 403 g/mol. The molecule has 1 saturated heterocycles. The van der Waals surface area contributed by atoms with Crippen LogP contribution < -0.4 is 21.3 Å². The SMILES string of the molecule is Cc1ccc(C(=O)NCC2CCCNC2)cc1NC(=O)Nc1ccccc1.Cl. The number of hydrogen-bond donors (Lipinski definition) is 4. The van der Waals surface area contributed by atoms with E-state index in [0.717, 1.165) is 31.5 Å². The summed E-state index contributed by atoms with van der Waals surface area (Å²) in [5.74, 6) is 0.356. The second-order valence-corrected chi connectivity index (χ2v) is 6.90. The number of piperidine rings is 1. The number of rotatable bonds is 5. The molecule has 3 rings (SSSR count). The molecule has 150 valence electrons. The Morgan fingerprint density at radius 1 is 1.11 bits per heavy atom. The van der Waals surface area contributed by atoms with Gasteiger partial charge in [0, 0.05) is 23.5 Å². The topological polar surface area (TPSA) is 82.3 Å². The molecule has 3 amide bonds. The van der Waals surface area contributed by atoms with Crippen LogP contribution in [0.3, 0.4) is 0 Å². The van der Waals surface area contributed by atoms with Gasteiger partial charge in [0.25, 0.3) is 5.91 Å². The third-order valence-electron chi connectivity index (χ3n) is 4.73.